The van der Waals surface area contributed by atoms with Gasteiger partial charge in [-0.15, -0.1) is 0 Å². The Labute approximate surface area is 62.4 Å². The molecule has 1 fully saturated rings. The first-order valence-electron chi connectivity index (χ1n) is 4.14. The molecule has 0 aromatic carbocycles. The van der Waals surface area contributed by atoms with E-state index >= 15 is 0 Å². The molecule has 1 saturated carbocycles. The van der Waals surface area contributed by atoms with Crippen LogP contribution in [0.2, 0.25) is 0 Å². The van der Waals surface area contributed by atoms with E-state index in [2.05, 4.69) is 0 Å². The zero-order chi connectivity index (χ0) is 7.61. The molecule has 0 unspecified atom stereocenters. The van der Waals surface area contributed by atoms with Crippen LogP contribution >= 0.6 is 0 Å². The molecule has 0 aliphatic heterocycles. The van der Waals surface area contributed by atoms with E-state index in [1.165, 1.54) is 0 Å². The number of rotatable bonds is 1. The van der Waals surface area contributed by atoms with Gasteiger partial charge in [0.15, 0.2) is 0 Å². The third-order valence-corrected chi connectivity index (χ3v) is 2.52. The standard InChI is InChI=1S/C8H17NO/c1-2-8(10)5-3-4-7(9)6-8/h7,10H,2-6,9H2,1H3/t7-,8-/m0/s1. The predicted molar refractivity (Wildman–Crippen MR) is 41.7 cm³/mol. The van der Waals surface area contributed by atoms with Crippen molar-refractivity contribution in [2.24, 2.45) is 5.73 Å². The minimum Gasteiger partial charge on any atom is -0.390 e. The van der Waals surface area contributed by atoms with Crippen molar-refractivity contribution in [1.29, 1.82) is 0 Å². The van der Waals surface area contributed by atoms with Crippen LogP contribution in [0.4, 0.5) is 0 Å². The fourth-order valence-electron chi connectivity index (χ4n) is 1.71. The molecule has 2 heteroatoms. The zero-order valence-corrected chi connectivity index (χ0v) is 6.64. The molecule has 0 aromatic heterocycles. The van der Waals surface area contributed by atoms with Crippen molar-refractivity contribution < 1.29 is 5.11 Å². The Morgan fingerprint density at radius 3 is 2.80 bits per heavy atom. The largest absolute Gasteiger partial charge is 0.390 e. The van der Waals surface area contributed by atoms with Gasteiger partial charge in [-0.25, -0.2) is 0 Å². The summed E-state index contributed by atoms with van der Waals surface area (Å²) in [5.74, 6) is 0. The smallest absolute Gasteiger partial charge is 0.0660 e. The lowest BCUT2D eigenvalue weighted by molar-refractivity contribution is -0.00562. The molecule has 0 spiro atoms. The molecule has 3 N–H and O–H groups in total. The van der Waals surface area contributed by atoms with Crippen LogP contribution in [0.3, 0.4) is 0 Å². The number of nitrogens with two attached hydrogens (primary N) is 1. The Balaban J connectivity index is 2.45. The summed E-state index contributed by atoms with van der Waals surface area (Å²) in [4.78, 5) is 0. The zero-order valence-electron chi connectivity index (χ0n) is 6.64. The van der Waals surface area contributed by atoms with Gasteiger partial charge >= 0.3 is 0 Å². The van der Waals surface area contributed by atoms with Crippen LogP contribution in [0.25, 0.3) is 0 Å². The van der Waals surface area contributed by atoms with Crippen LogP contribution in [0.15, 0.2) is 0 Å². The Morgan fingerprint density at radius 2 is 2.40 bits per heavy atom. The molecule has 0 bridgehead atoms. The summed E-state index contributed by atoms with van der Waals surface area (Å²) in [5.41, 5.74) is 5.29. The van der Waals surface area contributed by atoms with Gasteiger partial charge in [0.2, 0.25) is 0 Å². The number of hydrogen-bond acceptors (Lipinski definition) is 2. The quantitative estimate of drug-likeness (QED) is 0.576. The summed E-state index contributed by atoms with van der Waals surface area (Å²) in [7, 11) is 0. The molecule has 1 aliphatic rings. The maximum atomic E-state index is 9.77. The molecule has 60 valence electrons. The van der Waals surface area contributed by atoms with Gasteiger partial charge in [-0.05, 0) is 32.1 Å². The average molecular weight is 143 g/mol. The van der Waals surface area contributed by atoms with Gasteiger partial charge < -0.3 is 10.8 Å². The highest BCUT2D eigenvalue weighted by molar-refractivity contribution is 4.86. The Morgan fingerprint density at radius 1 is 1.70 bits per heavy atom. The highest BCUT2D eigenvalue weighted by Crippen LogP contribution is 2.29. The van der Waals surface area contributed by atoms with Gasteiger partial charge in [0.1, 0.15) is 0 Å². The molecule has 0 aromatic rings. The van der Waals surface area contributed by atoms with Crippen LogP contribution in [-0.2, 0) is 0 Å². The fourth-order valence-corrected chi connectivity index (χ4v) is 1.71. The predicted octanol–water partition coefficient (Wildman–Crippen LogP) is 1.03. The Kier molecular flexibility index (Phi) is 2.32. The summed E-state index contributed by atoms with van der Waals surface area (Å²) in [5, 5.41) is 9.77. The molecule has 2 nitrogen and oxygen atoms in total. The SMILES string of the molecule is CC[C@]1(O)CCC[C@H](N)C1. The Bertz CT molecular complexity index is 116. The summed E-state index contributed by atoms with van der Waals surface area (Å²) in [6.07, 6.45) is 4.76. The van der Waals surface area contributed by atoms with Crippen LogP contribution in [0.5, 0.6) is 0 Å². The molecular weight excluding hydrogens is 126 g/mol. The molecule has 2 atom stereocenters. The van der Waals surface area contributed by atoms with Gasteiger partial charge in [-0.1, -0.05) is 6.92 Å². The molecule has 1 aliphatic carbocycles. The molecule has 10 heavy (non-hydrogen) atoms. The number of aliphatic hydroxyl groups is 1. The van der Waals surface area contributed by atoms with E-state index in [0.29, 0.717) is 0 Å². The fraction of sp³-hybridized carbons (Fsp3) is 1.00. The first-order valence-corrected chi connectivity index (χ1v) is 4.14. The molecule has 0 radical (unpaired) electrons. The summed E-state index contributed by atoms with van der Waals surface area (Å²) < 4.78 is 0. The molecular formula is C8H17NO. The number of hydrogen-bond donors (Lipinski definition) is 2. The van der Waals surface area contributed by atoms with Gasteiger partial charge in [0, 0.05) is 6.04 Å². The topological polar surface area (TPSA) is 46.2 Å². The summed E-state index contributed by atoms with van der Waals surface area (Å²) in [6.45, 7) is 2.03. The van der Waals surface area contributed by atoms with E-state index in [1.54, 1.807) is 0 Å². The van der Waals surface area contributed by atoms with E-state index in [-0.39, 0.29) is 6.04 Å². The summed E-state index contributed by atoms with van der Waals surface area (Å²) >= 11 is 0. The van der Waals surface area contributed by atoms with Crippen molar-refractivity contribution >= 4 is 0 Å². The first kappa shape index (κ1) is 8.02. The normalized spacial score (nSPS) is 41.7. The van der Waals surface area contributed by atoms with Crippen molar-refractivity contribution in [2.75, 3.05) is 0 Å². The van der Waals surface area contributed by atoms with Crippen LogP contribution < -0.4 is 5.73 Å². The molecule has 0 heterocycles. The highest BCUT2D eigenvalue weighted by Gasteiger charge is 2.30. The lowest BCUT2D eigenvalue weighted by atomic mass is 9.81. The van der Waals surface area contributed by atoms with Crippen molar-refractivity contribution in [3.8, 4) is 0 Å². The van der Waals surface area contributed by atoms with E-state index in [0.717, 1.165) is 32.1 Å². The molecule has 0 saturated heterocycles. The molecule has 0 amide bonds. The van der Waals surface area contributed by atoms with Crippen molar-refractivity contribution in [3.05, 3.63) is 0 Å². The van der Waals surface area contributed by atoms with Gasteiger partial charge in [-0.2, -0.15) is 0 Å². The van der Waals surface area contributed by atoms with Gasteiger partial charge in [-0.3, -0.25) is 0 Å². The highest BCUT2D eigenvalue weighted by atomic mass is 16.3. The first-order chi connectivity index (χ1) is 4.66. The van der Waals surface area contributed by atoms with E-state index in [1.807, 2.05) is 6.92 Å². The van der Waals surface area contributed by atoms with Gasteiger partial charge in [0.25, 0.3) is 0 Å². The second kappa shape index (κ2) is 2.89. The third kappa shape index (κ3) is 1.70. The summed E-state index contributed by atoms with van der Waals surface area (Å²) in [6, 6.07) is 0.235. The second-order valence-corrected chi connectivity index (χ2v) is 3.43. The maximum absolute atomic E-state index is 9.77. The average Bonchev–Trinajstić information content (AvgIpc) is 1.88. The van der Waals surface area contributed by atoms with Crippen molar-refractivity contribution in [1.82, 2.24) is 0 Å². The van der Waals surface area contributed by atoms with Crippen LogP contribution in [0, 0.1) is 0 Å². The lowest BCUT2D eigenvalue weighted by Crippen LogP contribution is -2.40. The minimum absolute atomic E-state index is 0.235. The Hall–Kier alpha value is -0.0800. The van der Waals surface area contributed by atoms with Crippen molar-refractivity contribution in [3.63, 3.8) is 0 Å². The lowest BCUT2D eigenvalue weighted by Gasteiger charge is -2.34. The minimum atomic E-state index is -0.433. The van der Waals surface area contributed by atoms with E-state index < -0.39 is 5.60 Å². The van der Waals surface area contributed by atoms with E-state index in [4.69, 9.17) is 5.73 Å². The third-order valence-electron chi connectivity index (χ3n) is 2.52. The maximum Gasteiger partial charge on any atom is 0.0660 e. The second-order valence-electron chi connectivity index (χ2n) is 3.43. The van der Waals surface area contributed by atoms with Crippen molar-refractivity contribution in [2.45, 2.75) is 50.7 Å². The van der Waals surface area contributed by atoms with Crippen LogP contribution in [-0.4, -0.2) is 16.7 Å². The molecule has 1 rings (SSSR count). The van der Waals surface area contributed by atoms with E-state index in [9.17, 15) is 5.11 Å². The van der Waals surface area contributed by atoms with Crippen LogP contribution in [0.1, 0.15) is 39.0 Å². The van der Waals surface area contributed by atoms with Gasteiger partial charge in [0.05, 0.1) is 5.60 Å². The monoisotopic (exact) mass is 143 g/mol.